The van der Waals surface area contributed by atoms with Crippen molar-refractivity contribution in [1.29, 1.82) is 0 Å². The van der Waals surface area contributed by atoms with Crippen LogP contribution in [0.25, 0.3) is 0 Å². The van der Waals surface area contributed by atoms with Gasteiger partial charge in [-0.3, -0.25) is 0 Å². The summed E-state index contributed by atoms with van der Waals surface area (Å²) in [5.41, 5.74) is 2.78. The van der Waals surface area contributed by atoms with E-state index >= 15 is 0 Å². The van der Waals surface area contributed by atoms with E-state index in [-0.39, 0.29) is 18.4 Å². The second-order valence-electron chi connectivity index (χ2n) is 5.38. The van der Waals surface area contributed by atoms with Gasteiger partial charge in [-0.1, -0.05) is 36.1 Å². The van der Waals surface area contributed by atoms with Crippen LogP contribution < -0.4 is 15.5 Å². The Morgan fingerprint density at radius 3 is 2.50 bits per heavy atom. The Hall–Kier alpha value is -3.00. The van der Waals surface area contributed by atoms with Crippen molar-refractivity contribution >= 4 is 11.7 Å². The van der Waals surface area contributed by atoms with Crippen molar-refractivity contribution in [2.24, 2.45) is 0 Å². The van der Waals surface area contributed by atoms with Gasteiger partial charge in [0.25, 0.3) is 0 Å². The third kappa shape index (κ3) is 5.33. The van der Waals surface area contributed by atoms with Crippen LogP contribution in [0.2, 0.25) is 0 Å². The van der Waals surface area contributed by atoms with Crippen LogP contribution in [0.4, 0.5) is 14.9 Å². The van der Waals surface area contributed by atoms with Gasteiger partial charge < -0.3 is 15.5 Å². The van der Waals surface area contributed by atoms with E-state index in [1.807, 2.05) is 43.3 Å². The molecule has 0 radical (unpaired) electrons. The van der Waals surface area contributed by atoms with Crippen LogP contribution >= 0.6 is 0 Å². The van der Waals surface area contributed by atoms with Gasteiger partial charge in [0.05, 0.1) is 12.2 Å². The van der Waals surface area contributed by atoms with Crippen LogP contribution in [0.5, 0.6) is 0 Å². The zero-order valence-corrected chi connectivity index (χ0v) is 13.8. The molecule has 2 rings (SSSR count). The highest BCUT2D eigenvalue weighted by atomic mass is 19.1. The molecule has 2 aromatic carbocycles. The number of hydrogen-bond donors (Lipinski definition) is 2. The van der Waals surface area contributed by atoms with E-state index in [0.717, 1.165) is 16.8 Å². The first-order chi connectivity index (χ1) is 11.6. The smallest absolute Gasteiger partial charge is 0.315 e. The highest BCUT2D eigenvalue weighted by molar-refractivity contribution is 5.74. The molecule has 24 heavy (non-hydrogen) atoms. The van der Waals surface area contributed by atoms with Crippen molar-refractivity contribution < 1.29 is 9.18 Å². The van der Waals surface area contributed by atoms with Crippen molar-refractivity contribution in [2.45, 2.75) is 6.54 Å². The van der Waals surface area contributed by atoms with Crippen LogP contribution in [0.15, 0.2) is 48.5 Å². The summed E-state index contributed by atoms with van der Waals surface area (Å²) in [5, 5.41) is 5.37. The van der Waals surface area contributed by atoms with E-state index in [4.69, 9.17) is 0 Å². The quantitative estimate of drug-likeness (QED) is 0.849. The molecule has 0 fully saturated rings. The summed E-state index contributed by atoms with van der Waals surface area (Å²) in [6.45, 7) is 0.583. The van der Waals surface area contributed by atoms with E-state index in [9.17, 15) is 9.18 Å². The van der Waals surface area contributed by atoms with Gasteiger partial charge in [0, 0.05) is 26.2 Å². The molecule has 0 aliphatic carbocycles. The SMILES string of the molecule is CN(C)c1ccccc1C#CCNC(=O)NCc1ccc(F)cc1. The summed E-state index contributed by atoms with van der Waals surface area (Å²) in [5.74, 6) is 5.69. The van der Waals surface area contributed by atoms with Gasteiger partial charge >= 0.3 is 6.03 Å². The normalized spacial score (nSPS) is 9.62. The zero-order chi connectivity index (χ0) is 17.4. The predicted molar refractivity (Wildman–Crippen MR) is 94.3 cm³/mol. The number of anilines is 1. The monoisotopic (exact) mass is 325 g/mol. The van der Waals surface area contributed by atoms with Crippen LogP contribution in [-0.4, -0.2) is 26.7 Å². The fraction of sp³-hybridized carbons (Fsp3) is 0.211. The number of amides is 2. The molecule has 0 atom stereocenters. The average Bonchev–Trinajstić information content (AvgIpc) is 2.58. The zero-order valence-electron chi connectivity index (χ0n) is 13.8. The fourth-order valence-corrected chi connectivity index (χ4v) is 2.08. The number of carbonyl (C=O) groups is 1. The molecule has 0 aliphatic heterocycles. The number of nitrogens with one attached hydrogen (secondary N) is 2. The average molecular weight is 325 g/mol. The molecule has 2 aromatic rings. The number of carbonyl (C=O) groups excluding carboxylic acids is 1. The molecule has 124 valence electrons. The largest absolute Gasteiger partial charge is 0.377 e. The van der Waals surface area contributed by atoms with Crippen LogP contribution in [0.3, 0.4) is 0 Å². The van der Waals surface area contributed by atoms with Gasteiger partial charge in [-0.05, 0) is 29.8 Å². The minimum absolute atomic E-state index is 0.247. The Balaban J connectivity index is 1.80. The van der Waals surface area contributed by atoms with Crippen molar-refractivity contribution in [3.63, 3.8) is 0 Å². The van der Waals surface area contributed by atoms with Crippen LogP contribution in [0, 0.1) is 17.7 Å². The number of para-hydroxylation sites is 1. The molecular weight excluding hydrogens is 305 g/mol. The highest BCUT2D eigenvalue weighted by Crippen LogP contribution is 2.16. The maximum absolute atomic E-state index is 12.8. The Labute approximate surface area is 141 Å². The Bertz CT molecular complexity index is 745. The minimum Gasteiger partial charge on any atom is -0.377 e. The molecule has 0 aliphatic rings. The second-order valence-corrected chi connectivity index (χ2v) is 5.38. The molecule has 0 saturated carbocycles. The standard InChI is InChI=1S/C19H20FN3O/c1-23(2)18-8-4-3-6-16(18)7-5-13-21-19(24)22-14-15-9-11-17(20)12-10-15/h3-4,6,8-12H,13-14H2,1-2H3,(H2,21,22,24). The molecule has 0 saturated heterocycles. The molecule has 2 N–H and O–H groups in total. The molecule has 2 amide bonds. The lowest BCUT2D eigenvalue weighted by Crippen LogP contribution is -2.35. The Morgan fingerprint density at radius 2 is 1.79 bits per heavy atom. The molecular formula is C19H20FN3O. The third-order valence-electron chi connectivity index (χ3n) is 3.31. The van der Waals surface area contributed by atoms with Crippen molar-refractivity contribution in [2.75, 3.05) is 25.5 Å². The van der Waals surface area contributed by atoms with Crippen LogP contribution in [0.1, 0.15) is 11.1 Å². The van der Waals surface area contributed by atoms with Crippen molar-refractivity contribution in [1.82, 2.24) is 10.6 Å². The molecule has 0 heterocycles. The first kappa shape index (κ1) is 17.4. The lowest BCUT2D eigenvalue weighted by atomic mass is 10.1. The fourth-order valence-electron chi connectivity index (χ4n) is 2.08. The summed E-state index contributed by atoms with van der Waals surface area (Å²) in [6, 6.07) is 13.5. The summed E-state index contributed by atoms with van der Waals surface area (Å²) in [6.07, 6.45) is 0. The third-order valence-corrected chi connectivity index (χ3v) is 3.31. The Kier molecular flexibility index (Phi) is 6.21. The minimum atomic E-state index is -0.311. The summed E-state index contributed by atoms with van der Waals surface area (Å²) in [4.78, 5) is 13.7. The lowest BCUT2D eigenvalue weighted by Gasteiger charge is -2.13. The number of nitrogens with zero attached hydrogens (tertiary/aromatic N) is 1. The van der Waals surface area contributed by atoms with Gasteiger partial charge in [-0.2, -0.15) is 0 Å². The number of halogens is 1. The number of benzene rings is 2. The van der Waals surface area contributed by atoms with E-state index in [0.29, 0.717) is 6.54 Å². The van der Waals surface area contributed by atoms with E-state index in [1.165, 1.54) is 12.1 Å². The molecule has 0 bridgehead atoms. The lowest BCUT2D eigenvalue weighted by molar-refractivity contribution is 0.241. The molecule has 4 nitrogen and oxygen atoms in total. The second kappa shape index (κ2) is 8.59. The summed E-state index contributed by atoms with van der Waals surface area (Å²) in [7, 11) is 3.92. The number of rotatable bonds is 4. The number of urea groups is 1. The van der Waals surface area contributed by atoms with Gasteiger partial charge in [0.15, 0.2) is 0 Å². The highest BCUT2D eigenvalue weighted by Gasteiger charge is 2.01. The van der Waals surface area contributed by atoms with E-state index in [2.05, 4.69) is 22.5 Å². The first-order valence-corrected chi connectivity index (χ1v) is 7.57. The topological polar surface area (TPSA) is 44.4 Å². The van der Waals surface area contributed by atoms with Gasteiger partial charge in [-0.25, -0.2) is 9.18 Å². The van der Waals surface area contributed by atoms with Crippen molar-refractivity contribution in [3.05, 3.63) is 65.5 Å². The van der Waals surface area contributed by atoms with Gasteiger partial charge in [0.2, 0.25) is 0 Å². The molecule has 5 heteroatoms. The molecule has 0 unspecified atom stereocenters. The summed E-state index contributed by atoms with van der Waals surface area (Å²) < 4.78 is 12.8. The first-order valence-electron chi connectivity index (χ1n) is 7.57. The predicted octanol–water partition coefficient (Wildman–Crippen LogP) is 2.74. The van der Waals surface area contributed by atoms with E-state index < -0.39 is 0 Å². The maximum atomic E-state index is 12.8. The number of hydrogen-bond acceptors (Lipinski definition) is 2. The maximum Gasteiger partial charge on any atom is 0.315 e. The molecule has 0 aromatic heterocycles. The van der Waals surface area contributed by atoms with Gasteiger partial charge in [-0.15, -0.1) is 0 Å². The Morgan fingerprint density at radius 1 is 1.08 bits per heavy atom. The van der Waals surface area contributed by atoms with E-state index in [1.54, 1.807) is 12.1 Å². The summed E-state index contributed by atoms with van der Waals surface area (Å²) >= 11 is 0. The van der Waals surface area contributed by atoms with Crippen molar-refractivity contribution in [3.8, 4) is 11.8 Å². The van der Waals surface area contributed by atoms with Crippen LogP contribution in [-0.2, 0) is 6.54 Å². The molecule has 0 spiro atoms. The van der Waals surface area contributed by atoms with Gasteiger partial charge in [0.1, 0.15) is 5.82 Å².